The Bertz CT molecular complexity index is 1400. The number of amides is 2. The summed E-state index contributed by atoms with van der Waals surface area (Å²) in [6.45, 7) is 9.33. The van der Waals surface area contributed by atoms with E-state index in [1.807, 2.05) is 50.2 Å². The number of nitrogens with one attached hydrogen (secondary N) is 1. The van der Waals surface area contributed by atoms with Crippen LogP contribution >= 0.6 is 15.9 Å². The Kier molecular flexibility index (Phi) is 10.9. The number of rotatable bonds is 12. The van der Waals surface area contributed by atoms with Crippen LogP contribution in [0.4, 0.5) is 5.69 Å². The van der Waals surface area contributed by atoms with Crippen molar-refractivity contribution < 1.29 is 18.0 Å². The number of hydrogen-bond acceptors (Lipinski definition) is 4. The zero-order valence-corrected chi connectivity index (χ0v) is 26.1. The highest BCUT2D eigenvalue weighted by atomic mass is 79.9. The second-order valence-electron chi connectivity index (χ2n) is 10.2. The highest BCUT2D eigenvalue weighted by Gasteiger charge is 2.32. The van der Waals surface area contributed by atoms with Gasteiger partial charge in [-0.1, -0.05) is 79.2 Å². The van der Waals surface area contributed by atoms with Gasteiger partial charge in [-0.25, -0.2) is 8.42 Å². The molecule has 3 aromatic rings. The molecule has 0 heterocycles. The van der Waals surface area contributed by atoms with Crippen LogP contribution in [0.3, 0.4) is 0 Å². The first-order valence-corrected chi connectivity index (χ1v) is 15.7. The summed E-state index contributed by atoms with van der Waals surface area (Å²) in [5.41, 5.74) is 2.24. The van der Waals surface area contributed by atoms with Crippen molar-refractivity contribution in [3.05, 3.63) is 94.5 Å². The molecule has 3 rings (SSSR count). The molecule has 0 spiro atoms. The maximum Gasteiger partial charge on any atom is 0.264 e. The number of sulfonamides is 1. The van der Waals surface area contributed by atoms with Gasteiger partial charge < -0.3 is 10.2 Å². The third-order valence-corrected chi connectivity index (χ3v) is 9.15. The van der Waals surface area contributed by atoms with Crippen LogP contribution < -0.4 is 9.62 Å². The van der Waals surface area contributed by atoms with Crippen LogP contribution in [0.5, 0.6) is 0 Å². The fraction of sp³-hybridized carbons (Fsp3) is 0.355. The van der Waals surface area contributed by atoms with Crippen molar-refractivity contribution in [1.82, 2.24) is 10.2 Å². The quantitative estimate of drug-likeness (QED) is 0.263. The van der Waals surface area contributed by atoms with E-state index >= 15 is 0 Å². The number of hydrogen-bond donors (Lipinski definition) is 1. The van der Waals surface area contributed by atoms with E-state index < -0.39 is 28.5 Å². The van der Waals surface area contributed by atoms with Crippen LogP contribution in [-0.2, 0) is 26.2 Å². The van der Waals surface area contributed by atoms with Gasteiger partial charge in [-0.2, -0.15) is 0 Å². The van der Waals surface area contributed by atoms with Crippen LogP contribution in [0.25, 0.3) is 0 Å². The van der Waals surface area contributed by atoms with E-state index in [2.05, 4.69) is 35.1 Å². The van der Waals surface area contributed by atoms with Crippen LogP contribution in [0.2, 0.25) is 0 Å². The topological polar surface area (TPSA) is 86.8 Å². The molecule has 0 aromatic heterocycles. The first kappa shape index (κ1) is 31.4. The monoisotopic (exact) mass is 627 g/mol. The summed E-state index contributed by atoms with van der Waals surface area (Å²) in [6, 6.07) is 21.8. The molecule has 0 unspecified atom stereocenters. The van der Waals surface area contributed by atoms with Gasteiger partial charge in [0.1, 0.15) is 12.6 Å². The smallest absolute Gasteiger partial charge is 0.264 e. The fourth-order valence-electron chi connectivity index (χ4n) is 4.15. The van der Waals surface area contributed by atoms with E-state index in [1.165, 1.54) is 17.0 Å². The van der Waals surface area contributed by atoms with E-state index in [-0.39, 0.29) is 29.3 Å². The van der Waals surface area contributed by atoms with Gasteiger partial charge in [0.2, 0.25) is 11.8 Å². The highest BCUT2D eigenvalue weighted by Crippen LogP contribution is 2.27. The number of carbonyl (C=O) groups is 2. The molecule has 40 heavy (non-hydrogen) atoms. The van der Waals surface area contributed by atoms with Gasteiger partial charge in [0.05, 0.1) is 10.6 Å². The molecule has 1 N–H and O–H groups in total. The van der Waals surface area contributed by atoms with Crippen LogP contribution in [0.15, 0.2) is 88.2 Å². The maximum absolute atomic E-state index is 14.0. The summed E-state index contributed by atoms with van der Waals surface area (Å²) in [6.07, 6.45) is 0.744. The Labute approximate surface area is 246 Å². The summed E-state index contributed by atoms with van der Waals surface area (Å²) in [7, 11) is -4.09. The molecule has 0 saturated carbocycles. The molecule has 214 valence electrons. The lowest BCUT2D eigenvalue weighted by molar-refractivity contribution is -0.139. The van der Waals surface area contributed by atoms with Gasteiger partial charge in [0, 0.05) is 17.1 Å². The number of halogens is 1. The Hall–Kier alpha value is -3.17. The van der Waals surface area contributed by atoms with Crippen molar-refractivity contribution >= 4 is 43.5 Å². The van der Waals surface area contributed by atoms with Gasteiger partial charge in [-0.15, -0.1) is 0 Å². The normalized spacial score (nSPS) is 13.0. The molecular formula is C31H38BrN3O4S. The lowest BCUT2D eigenvalue weighted by Gasteiger charge is -2.32. The van der Waals surface area contributed by atoms with Crippen molar-refractivity contribution in [1.29, 1.82) is 0 Å². The largest absolute Gasteiger partial charge is 0.352 e. The Morgan fingerprint density at radius 3 is 2.12 bits per heavy atom. The molecule has 7 nitrogen and oxygen atoms in total. The Morgan fingerprint density at radius 1 is 0.900 bits per heavy atom. The molecule has 0 aliphatic rings. The minimum Gasteiger partial charge on any atom is -0.352 e. The summed E-state index contributed by atoms with van der Waals surface area (Å²) >= 11 is 3.47. The molecule has 0 saturated heterocycles. The zero-order chi connectivity index (χ0) is 29.4. The van der Waals surface area contributed by atoms with Crippen LogP contribution in [-0.4, -0.2) is 43.8 Å². The molecule has 0 fully saturated rings. The Morgan fingerprint density at radius 2 is 1.55 bits per heavy atom. The van der Waals surface area contributed by atoms with Gasteiger partial charge >= 0.3 is 0 Å². The maximum atomic E-state index is 14.0. The fourth-order valence-corrected chi connectivity index (χ4v) is 6.04. The van der Waals surface area contributed by atoms with Crippen molar-refractivity contribution in [2.45, 2.75) is 70.5 Å². The predicted octanol–water partition coefficient (Wildman–Crippen LogP) is 6.10. The van der Waals surface area contributed by atoms with Crippen molar-refractivity contribution in [3.8, 4) is 0 Å². The molecular weight excluding hydrogens is 590 g/mol. The van der Waals surface area contributed by atoms with Crippen LogP contribution in [0, 0.1) is 0 Å². The van der Waals surface area contributed by atoms with E-state index in [0.717, 1.165) is 26.3 Å². The minimum atomic E-state index is -4.09. The van der Waals surface area contributed by atoms with Gasteiger partial charge in [-0.05, 0) is 73.7 Å². The summed E-state index contributed by atoms with van der Waals surface area (Å²) in [4.78, 5) is 28.7. The molecule has 2 amide bonds. The van der Waals surface area contributed by atoms with Crippen molar-refractivity contribution in [2.24, 2.45) is 0 Å². The van der Waals surface area contributed by atoms with E-state index in [1.54, 1.807) is 37.3 Å². The number of carbonyl (C=O) groups excluding carboxylic acids is 2. The SMILES string of the molecule is CC[C@H](C)NC(=O)[C@H](C)N(Cc1cccc(Br)c1)C(=O)CN(c1ccc(C(C)C)cc1)S(=O)(=O)c1ccccc1. The van der Waals surface area contributed by atoms with E-state index in [4.69, 9.17) is 0 Å². The standard InChI is InChI=1S/C31H38BrN3O4S/c1-6-23(4)33-31(37)24(5)34(20-25-11-10-12-27(32)19-25)30(36)21-35(28-17-15-26(16-18-28)22(2)3)40(38,39)29-13-8-7-9-14-29/h7-19,22-24H,6,20-21H2,1-5H3,(H,33,37)/t23-,24-/m0/s1. The van der Waals surface area contributed by atoms with Gasteiger partial charge in [0.15, 0.2) is 0 Å². The molecule has 0 aliphatic carbocycles. The highest BCUT2D eigenvalue weighted by molar-refractivity contribution is 9.10. The first-order chi connectivity index (χ1) is 18.9. The second kappa shape index (κ2) is 13.9. The molecule has 2 atom stereocenters. The lowest BCUT2D eigenvalue weighted by atomic mass is 10.0. The second-order valence-corrected chi connectivity index (χ2v) is 13.0. The summed E-state index contributed by atoms with van der Waals surface area (Å²) < 4.78 is 29.7. The summed E-state index contributed by atoms with van der Waals surface area (Å²) in [5.74, 6) is -0.518. The third kappa shape index (κ3) is 7.95. The van der Waals surface area contributed by atoms with Crippen molar-refractivity contribution in [3.63, 3.8) is 0 Å². The Balaban J connectivity index is 2.03. The van der Waals surface area contributed by atoms with Crippen molar-refractivity contribution in [2.75, 3.05) is 10.8 Å². The molecule has 9 heteroatoms. The number of nitrogens with zero attached hydrogens (tertiary/aromatic N) is 2. The van der Waals surface area contributed by atoms with E-state index in [0.29, 0.717) is 5.69 Å². The molecule has 3 aromatic carbocycles. The van der Waals surface area contributed by atoms with Gasteiger partial charge in [0.25, 0.3) is 10.0 Å². The van der Waals surface area contributed by atoms with E-state index in [9.17, 15) is 18.0 Å². The molecule has 0 aliphatic heterocycles. The zero-order valence-electron chi connectivity index (χ0n) is 23.7. The minimum absolute atomic E-state index is 0.0628. The number of benzene rings is 3. The predicted molar refractivity (Wildman–Crippen MR) is 164 cm³/mol. The lowest BCUT2D eigenvalue weighted by Crippen LogP contribution is -2.52. The summed E-state index contributed by atoms with van der Waals surface area (Å²) in [5, 5.41) is 2.95. The average Bonchev–Trinajstić information content (AvgIpc) is 2.94. The molecule has 0 bridgehead atoms. The molecule has 0 radical (unpaired) electrons. The third-order valence-electron chi connectivity index (χ3n) is 6.87. The first-order valence-electron chi connectivity index (χ1n) is 13.5. The van der Waals surface area contributed by atoms with Crippen LogP contribution in [0.1, 0.15) is 58.1 Å². The van der Waals surface area contributed by atoms with Gasteiger partial charge in [-0.3, -0.25) is 13.9 Å². The average molecular weight is 629 g/mol. The number of anilines is 1.